The number of nitrogens with one attached hydrogen (secondary N) is 1. The van der Waals surface area contributed by atoms with Gasteiger partial charge < -0.3 is 4.98 Å². The van der Waals surface area contributed by atoms with Crippen molar-refractivity contribution in [2.75, 3.05) is 13.6 Å². The highest BCUT2D eigenvalue weighted by atomic mass is 32.2. The van der Waals surface area contributed by atoms with Crippen LogP contribution in [0.25, 0.3) is 0 Å². The summed E-state index contributed by atoms with van der Waals surface area (Å²) in [7, 11) is -1.93. The van der Waals surface area contributed by atoms with Gasteiger partial charge in [0.2, 0.25) is 0 Å². The molecule has 0 bridgehead atoms. The monoisotopic (exact) mass is 280 g/mol. The number of hydrogen-bond donors (Lipinski definition) is 1. The lowest BCUT2D eigenvalue weighted by molar-refractivity contribution is 0.470. The fraction of sp³-hybridized carbons (Fsp3) is 0.333. The summed E-state index contributed by atoms with van der Waals surface area (Å²) in [5.74, 6) is 0.584. The van der Waals surface area contributed by atoms with Crippen LogP contribution in [0.1, 0.15) is 11.4 Å². The van der Waals surface area contributed by atoms with Crippen molar-refractivity contribution < 1.29 is 8.42 Å². The van der Waals surface area contributed by atoms with E-state index in [2.05, 4.69) is 15.0 Å². The van der Waals surface area contributed by atoms with Crippen LogP contribution in [0.3, 0.4) is 0 Å². The molecule has 0 atom stereocenters. The van der Waals surface area contributed by atoms with E-state index in [1.54, 1.807) is 26.4 Å². The normalized spacial score (nSPS) is 11.9. The standard InChI is InChI=1S/C12H16N4O2S/c1-10-14-9-12(15-10)19(17,18)16(2)8-5-11-3-6-13-7-4-11/h3-4,6-7,9H,5,8H2,1-2H3,(H,14,15). The number of nitrogens with zero attached hydrogens (tertiary/aromatic N) is 3. The highest BCUT2D eigenvalue weighted by Crippen LogP contribution is 2.12. The van der Waals surface area contributed by atoms with E-state index < -0.39 is 10.0 Å². The first-order valence-corrected chi connectivity index (χ1v) is 7.31. The summed E-state index contributed by atoms with van der Waals surface area (Å²) >= 11 is 0. The topological polar surface area (TPSA) is 79.0 Å². The molecule has 19 heavy (non-hydrogen) atoms. The van der Waals surface area contributed by atoms with Crippen molar-refractivity contribution in [1.29, 1.82) is 0 Å². The van der Waals surface area contributed by atoms with E-state index in [0.717, 1.165) is 5.56 Å². The van der Waals surface area contributed by atoms with E-state index in [1.165, 1.54) is 10.5 Å². The fourth-order valence-electron chi connectivity index (χ4n) is 1.65. The summed E-state index contributed by atoms with van der Waals surface area (Å²) in [6, 6.07) is 3.75. The lowest BCUT2D eigenvalue weighted by Crippen LogP contribution is -2.29. The molecule has 0 aliphatic carbocycles. The van der Waals surface area contributed by atoms with Crippen LogP contribution >= 0.6 is 0 Å². The van der Waals surface area contributed by atoms with E-state index >= 15 is 0 Å². The van der Waals surface area contributed by atoms with Crippen LogP contribution in [0.2, 0.25) is 0 Å². The molecule has 0 radical (unpaired) electrons. The maximum Gasteiger partial charge on any atom is 0.259 e. The molecule has 2 aromatic rings. The van der Waals surface area contributed by atoms with Crippen molar-refractivity contribution in [3.05, 3.63) is 42.1 Å². The molecule has 0 saturated carbocycles. The number of pyridine rings is 1. The molecule has 0 fully saturated rings. The summed E-state index contributed by atoms with van der Waals surface area (Å²) in [4.78, 5) is 10.6. The molecule has 0 aliphatic rings. The quantitative estimate of drug-likeness (QED) is 0.885. The first kappa shape index (κ1) is 13.7. The first-order chi connectivity index (χ1) is 9.00. The Labute approximate surface area is 112 Å². The smallest absolute Gasteiger partial charge is 0.259 e. The van der Waals surface area contributed by atoms with Gasteiger partial charge in [-0.05, 0) is 31.0 Å². The second-order valence-electron chi connectivity index (χ2n) is 4.26. The molecule has 2 rings (SSSR count). The third-order valence-corrected chi connectivity index (χ3v) is 4.60. The second kappa shape index (κ2) is 5.50. The van der Waals surface area contributed by atoms with Gasteiger partial charge in [-0.2, -0.15) is 4.31 Å². The van der Waals surface area contributed by atoms with Crippen LogP contribution in [-0.2, 0) is 16.4 Å². The molecule has 2 heterocycles. The highest BCUT2D eigenvalue weighted by Gasteiger charge is 2.22. The van der Waals surface area contributed by atoms with Gasteiger partial charge in [0.15, 0.2) is 5.03 Å². The van der Waals surface area contributed by atoms with Crippen LogP contribution < -0.4 is 0 Å². The molecule has 0 spiro atoms. The maximum absolute atomic E-state index is 12.2. The molecule has 7 heteroatoms. The second-order valence-corrected chi connectivity index (χ2v) is 6.28. The van der Waals surface area contributed by atoms with E-state index in [9.17, 15) is 8.42 Å². The molecule has 0 amide bonds. The van der Waals surface area contributed by atoms with Gasteiger partial charge in [0.25, 0.3) is 10.0 Å². The van der Waals surface area contributed by atoms with Gasteiger partial charge in [-0.3, -0.25) is 4.98 Å². The van der Waals surface area contributed by atoms with E-state index in [-0.39, 0.29) is 5.03 Å². The summed E-state index contributed by atoms with van der Waals surface area (Å²) in [5.41, 5.74) is 1.05. The van der Waals surface area contributed by atoms with Crippen LogP contribution in [-0.4, -0.2) is 41.3 Å². The van der Waals surface area contributed by atoms with Crippen molar-refractivity contribution in [3.63, 3.8) is 0 Å². The Kier molecular flexibility index (Phi) is 3.96. The minimum absolute atomic E-state index is 0.127. The van der Waals surface area contributed by atoms with Crippen molar-refractivity contribution >= 4 is 10.0 Å². The number of H-pyrrole nitrogens is 1. The molecule has 0 saturated heterocycles. The molecular formula is C12H16N4O2S. The number of rotatable bonds is 5. The fourth-order valence-corrected chi connectivity index (χ4v) is 2.78. The van der Waals surface area contributed by atoms with E-state index in [1.807, 2.05) is 12.1 Å². The van der Waals surface area contributed by atoms with Gasteiger partial charge in [-0.1, -0.05) is 0 Å². The minimum Gasteiger partial charge on any atom is -0.332 e. The van der Waals surface area contributed by atoms with Crippen molar-refractivity contribution in [2.24, 2.45) is 0 Å². The van der Waals surface area contributed by atoms with Crippen LogP contribution in [0.5, 0.6) is 0 Å². The average molecular weight is 280 g/mol. The zero-order valence-electron chi connectivity index (χ0n) is 10.9. The Morgan fingerprint density at radius 2 is 2.00 bits per heavy atom. The Balaban J connectivity index is 2.05. The third kappa shape index (κ3) is 3.18. The molecular weight excluding hydrogens is 264 g/mol. The van der Waals surface area contributed by atoms with Crippen LogP contribution in [0.4, 0.5) is 0 Å². The summed E-state index contributed by atoms with van der Waals surface area (Å²) in [5, 5.41) is 0.127. The number of aromatic amines is 1. The molecule has 2 aromatic heterocycles. The number of hydrogen-bond acceptors (Lipinski definition) is 4. The molecule has 6 nitrogen and oxygen atoms in total. The van der Waals surface area contributed by atoms with Gasteiger partial charge in [0.1, 0.15) is 5.82 Å². The SMILES string of the molecule is Cc1ncc(S(=O)(=O)N(C)CCc2ccncc2)[nH]1. The number of aromatic nitrogens is 3. The van der Waals surface area contributed by atoms with E-state index in [4.69, 9.17) is 0 Å². The zero-order valence-corrected chi connectivity index (χ0v) is 11.7. The van der Waals surface area contributed by atoms with Gasteiger partial charge >= 0.3 is 0 Å². The summed E-state index contributed by atoms with van der Waals surface area (Å²) < 4.78 is 25.7. The molecule has 0 unspecified atom stereocenters. The molecule has 0 aromatic carbocycles. The number of sulfonamides is 1. The number of aryl methyl sites for hydroxylation is 1. The Hall–Kier alpha value is -1.73. The largest absolute Gasteiger partial charge is 0.332 e. The van der Waals surface area contributed by atoms with E-state index in [0.29, 0.717) is 18.8 Å². The van der Waals surface area contributed by atoms with Gasteiger partial charge in [0.05, 0.1) is 6.20 Å². The van der Waals surface area contributed by atoms with Crippen molar-refractivity contribution in [1.82, 2.24) is 19.3 Å². The summed E-state index contributed by atoms with van der Waals surface area (Å²) in [6.45, 7) is 2.13. The lowest BCUT2D eigenvalue weighted by Gasteiger charge is -2.15. The zero-order chi connectivity index (χ0) is 13.9. The third-order valence-electron chi connectivity index (χ3n) is 2.83. The Morgan fingerprint density at radius 1 is 1.32 bits per heavy atom. The van der Waals surface area contributed by atoms with Crippen LogP contribution in [0.15, 0.2) is 35.7 Å². The van der Waals surface area contributed by atoms with Crippen molar-refractivity contribution in [2.45, 2.75) is 18.4 Å². The molecule has 1 N–H and O–H groups in total. The van der Waals surface area contributed by atoms with Crippen LogP contribution in [0, 0.1) is 6.92 Å². The minimum atomic E-state index is -3.49. The van der Waals surface area contributed by atoms with Gasteiger partial charge in [-0.25, -0.2) is 13.4 Å². The maximum atomic E-state index is 12.2. The van der Waals surface area contributed by atoms with Crippen molar-refractivity contribution in [3.8, 4) is 0 Å². The average Bonchev–Trinajstić information content (AvgIpc) is 2.84. The molecule has 102 valence electrons. The number of likely N-dealkylation sites (N-methyl/N-ethyl adjacent to an activating group) is 1. The number of imidazole rings is 1. The predicted molar refractivity (Wildman–Crippen MR) is 71.1 cm³/mol. The van der Waals surface area contributed by atoms with Gasteiger partial charge in [-0.15, -0.1) is 0 Å². The first-order valence-electron chi connectivity index (χ1n) is 5.87. The lowest BCUT2D eigenvalue weighted by atomic mass is 10.2. The highest BCUT2D eigenvalue weighted by molar-refractivity contribution is 7.89. The summed E-state index contributed by atoms with van der Waals surface area (Å²) in [6.07, 6.45) is 5.38. The Morgan fingerprint density at radius 3 is 2.58 bits per heavy atom. The predicted octanol–water partition coefficient (Wildman–Crippen LogP) is 0.976. The Bertz CT molecular complexity index is 637. The molecule has 0 aliphatic heterocycles. The van der Waals surface area contributed by atoms with Gasteiger partial charge in [0, 0.05) is 26.0 Å².